The molecule has 1 atom stereocenters. The molecule has 0 bridgehead atoms. The first-order valence-corrected chi connectivity index (χ1v) is 6.85. The first kappa shape index (κ1) is 14.2. The van der Waals surface area contributed by atoms with Crippen molar-refractivity contribution in [3.63, 3.8) is 0 Å². The largest absolute Gasteiger partial charge is 0.398 e. The van der Waals surface area contributed by atoms with E-state index >= 15 is 0 Å². The molecule has 2 N–H and O–H groups in total. The zero-order chi connectivity index (χ0) is 14.0. The number of nitrogens with two attached hydrogens (primary N) is 1. The second-order valence-electron chi connectivity index (χ2n) is 5.31. The van der Waals surface area contributed by atoms with Crippen LogP contribution >= 0.6 is 11.6 Å². The standard InChI is InChI=1S/C14H20ClN3O/c1-17-7-6-10(8-17)9-18(2)14(19)13-11(15)4-3-5-12(13)16/h3-5,10H,6-9,16H2,1-2H3. The summed E-state index contributed by atoms with van der Waals surface area (Å²) in [5.74, 6) is 0.431. The van der Waals surface area contributed by atoms with Crippen LogP contribution in [0.15, 0.2) is 18.2 Å². The number of anilines is 1. The third-order valence-corrected chi connectivity index (χ3v) is 3.94. The smallest absolute Gasteiger partial charge is 0.257 e. The Balaban J connectivity index is 2.07. The van der Waals surface area contributed by atoms with Gasteiger partial charge < -0.3 is 15.5 Å². The summed E-state index contributed by atoms with van der Waals surface area (Å²) in [6.07, 6.45) is 1.13. The minimum atomic E-state index is -0.0994. The molecule has 1 aromatic carbocycles. The molecule has 1 aromatic rings. The van der Waals surface area contributed by atoms with E-state index in [0.717, 1.165) is 26.1 Å². The Labute approximate surface area is 119 Å². The summed E-state index contributed by atoms with van der Waals surface area (Å²) in [4.78, 5) is 16.4. The number of hydrogen-bond acceptors (Lipinski definition) is 3. The molecule has 1 aliphatic rings. The van der Waals surface area contributed by atoms with E-state index in [-0.39, 0.29) is 5.91 Å². The summed E-state index contributed by atoms with van der Waals surface area (Å²) in [5.41, 5.74) is 6.70. The van der Waals surface area contributed by atoms with Gasteiger partial charge in [0, 0.05) is 25.8 Å². The molecule has 1 amide bonds. The molecule has 2 rings (SSSR count). The zero-order valence-corrected chi connectivity index (χ0v) is 12.2. The van der Waals surface area contributed by atoms with E-state index in [0.29, 0.717) is 22.2 Å². The van der Waals surface area contributed by atoms with E-state index in [2.05, 4.69) is 11.9 Å². The van der Waals surface area contributed by atoms with Gasteiger partial charge in [-0.15, -0.1) is 0 Å². The van der Waals surface area contributed by atoms with Gasteiger partial charge in [-0.3, -0.25) is 4.79 Å². The maximum absolute atomic E-state index is 12.4. The molecule has 4 nitrogen and oxygen atoms in total. The van der Waals surface area contributed by atoms with Crippen molar-refractivity contribution in [3.05, 3.63) is 28.8 Å². The maximum atomic E-state index is 12.4. The molecule has 1 aliphatic heterocycles. The van der Waals surface area contributed by atoms with Gasteiger partial charge in [-0.25, -0.2) is 0 Å². The molecule has 0 aromatic heterocycles. The highest BCUT2D eigenvalue weighted by atomic mass is 35.5. The van der Waals surface area contributed by atoms with Gasteiger partial charge in [0.05, 0.1) is 10.6 Å². The third kappa shape index (κ3) is 3.19. The number of benzene rings is 1. The lowest BCUT2D eigenvalue weighted by Gasteiger charge is -2.22. The minimum absolute atomic E-state index is 0.0994. The van der Waals surface area contributed by atoms with Gasteiger partial charge in [0.1, 0.15) is 0 Å². The van der Waals surface area contributed by atoms with E-state index in [1.54, 1.807) is 23.1 Å². The Morgan fingerprint density at radius 3 is 2.89 bits per heavy atom. The molecule has 1 unspecified atom stereocenters. The molecule has 5 heteroatoms. The number of hydrogen-bond donors (Lipinski definition) is 1. The van der Waals surface area contributed by atoms with Crippen LogP contribution in [0.5, 0.6) is 0 Å². The summed E-state index contributed by atoms with van der Waals surface area (Å²) in [6, 6.07) is 5.15. The number of halogens is 1. The Hall–Kier alpha value is -1.26. The predicted octanol–water partition coefficient (Wildman–Crippen LogP) is 1.95. The van der Waals surface area contributed by atoms with Crippen molar-refractivity contribution in [1.82, 2.24) is 9.80 Å². The van der Waals surface area contributed by atoms with Crippen LogP contribution in [-0.2, 0) is 0 Å². The van der Waals surface area contributed by atoms with Crippen LogP contribution in [0.25, 0.3) is 0 Å². The number of likely N-dealkylation sites (tertiary alicyclic amines) is 1. The van der Waals surface area contributed by atoms with Crippen LogP contribution in [0, 0.1) is 5.92 Å². The zero-order valence-electron chi connectivity index (χ0n) is 11.4. The molecule has 1 fully saturated rings. The Kier molecular flexibility index (Phi) is 4.32. The molecule has 0 radical (unpaired) electrons. The van der Waals surface area contributed by atoms with E-state index in [4.69, 9.17) is 17.3 Å². The maximum Gasteiger partial charge on any atom is 0.257 e. The summed E-state index contributed by atoms with van der Waals surface area (Å²) in [5, 5.41) is 0.417. The molecular formula is C14H20ClN3O. The molecule has 104 valence electrons. The average molecular weight is 282 g/mol. The number of rotatable bonds is 3. The number of carbonyl (C=O) groups is 1. The summed E-state index contributed by atoms with van der Waals surface area (Å²) in [6.45, 7) is 2.88. The van der Waals surface area contributed by atoms with Gasteiger partial charge >= 0.3 is 0 Å². The number of amides is 1. The van der Waals surface area contributed by atoms with Crippen LogP contribution < -0.4 is 5.73 Å². The van der Waals surface area contributed by atoms with Crippen LogP contribution in [0.2, 0.25) is 5.02 Å². The van der Waals surface area contributed by atoms with E-state index < -0.39 is 0 Å². The van der Waals surface area contributed by atoms with Crippen molar-refractivity contribution in [3.8, 4) is 0 Å². The Bertz CT molecular complexity index is 458. The molecule has 0 aliphatic carbocycles. The fraction of sp³-hybridized carbons (Fsp3) is 0.500. The lowest BCUT2D eigenvalue weighted by Crippen LogP contribution is -2.33. The minimum Gasteiger partial charge on any atom is -0.398 e. The second-order valence-corrected chi connectivity index (χ2v) is 5.71. The SMILES string of the molecule is CN1CCC(CN(C)C(=O)c2c(N)cccc2Cl)C1. The van der Waals surface area contributed by atoms with E-state index in [9.17, 15) is 4.79 Å². The summed E-state index contributed by atoms with van der Waals surface area (Å²) >= 11 is 6.07. The monoisotopic (exact) mass is 281 g/mol. The van der Waals surface area contributed by atoms with Crippen molar-refractivity contribution in [2.24, 2.45) is 5.92 Å². The fourth-order valence-corrected chi connectivity index (χ4v) is 2.87. The van der Waals surface area contributed by atoms with Crippen LogP contribution in [0.4, 0.5) is 5.69 Å². The van der Waals surface area contributed by atoms with Crippen LogP contribution in [0.3, 0.4) is 0 Å². The predicted molar refractivity (Wildman–Crippen MR) is 78.4 cm³/mol. The third-order valence-electron chi connectivity index (χ3n) is 3.63. The van der Waals surface area contributed by atoms with Crippen LogP contribution in [-0.4, -0.2) is 49.4 Å². The Morgan fingerprint density at radius 2 is 2.32 bits per heavy atom. The molecule has 1 saturated heterocycles. The first-order valence-electron chi connectivity index (χ1n) is 6.47. The molecule has 1 heterocycles. The highest BCUT2D eigenvalue weighted by Gasteiger charge is 2.24. The normalized spacial score (nSPS) is 19.6. The average Bonchev–Trinajstić information content (AvgIpc) is 2.74. The van der Waals surface area contributed by atoms with Gasteiger partial charge in [0.2, 0.25) is 0 Å². The lowest BCUT2D eigenvalue weighted by molar-refractivity contribution is 0.0775. The quantitative estimate of drug-likeness (QED) is 0.862. The molecule has 19 heavy (non-hydrogen) atoms. The lowest BCUT2D eigenvalue weighted by atomic mass is 10.1. The fourth-order valence-electron chi connectivity index (χ4n) is 2.60. The summed E-state index contributed by atoms with van der Waals surface area (Å²) in [7, 11) is 3.91. The number of carbonyl (C=O) groups excluding carboxylic acids is 1. The highest BCUT2D eigenvalue weighted by molar-refractivity contribution is 6.34. The van der Waals surface area contributed by atoms with Crippen molar-refractivity contribution in [1.29, 1.82) is 0 Å². The number of nitrogen functional groups attached to an aromatic ring is 1. The van der Waals surface area contributed by atoms with E-state index in [1.807, 2.05) is 7.05 Å². The van der Waals surface area contributed by atoms with E-state index in [1.165, 1.54) is 0 Å². The van der Waals surface area contributed by atoms with Gasteiger partial charge in [-0.2, -0.15) is 0 Å². The first-order chi connectivity index (χ1) is 8.99. The molecular weight excluding hydrogens is 262 g/mol. The summed E-state index contributed by atoms with van der Waals surface area (Å²) < 4.78 is 0. The topological polar surface area (TPSA) is 49.6 Å². The van der Waals surface area contributed by atoms with Crippen molar-refractivity contribution < 1.29 is 4.79 Å². The van der Waals surface area contributed by atoms with Crippen molar-refractivity contribution in [2.75, 3.05) is 39.5 Å². The van der Waals surface area contributed by atoms with Gasteiger partial charge in [-0.05, 0) is 38.1 Å². The van der Waals surface area contributed by atoms with Crippen molar-refractivity contribution >= 4 is 23.2 Å². The van der Waals surface area contributed by atoms with Gasteiger partial charge in [0.25, 0.3) is 5.91 Å². The molecule has 0 spiro atoms. The van der Waals surface area contributed by atoms with Crippen LogP contribution in [0.1, 0.15) is 16.8 Å². The Morgan fingerprint density at radius 1 is 1.58 bits per heavy atom. The van der Waals surface area contributed by atoms with Gasteiger partial charge in [-0.1, -0.05) is 17.7 Å². The number of nitrogens with zero attached hydrogens (tertiary/aromatic N) is 2. The highest BCUT2D eigenvalue weighted by Crippen LogP contribution is 2.24. The molecule has 0 saturated carbocycles. The van der Waals surface area contributed by atoms with Gasteiger partial charge in [0.15, 0.2) is 0 Å². The van der Waals surface area contributed by atoms with Crippen molar-refractivity contribution in [2.45, 2.75) is 6.42 Å². The second kappa shape index (κ2) is 5.80.